The van der Waals surface area contributed by atoms with Gasteiger partial charge in [-0.05, 0) is 24.3 Å². The smallest absolute Gasteiger partial charge is 0.237 e. The monoisotopic (exact) mass is 286 g/mol. The molecule has 0 heterocycles. The molecule has 0 aliphatic heterocycles. The van der Waals surface area contributed by atoms with Crippen LogP contribution in [0.25, 0.3) is 0 Å². The molecule has 4 N–H and O–H groups in total. The van der Waals surface area contributed by atoms with Crippen LogP contribution in [0.4, 0.5) is 0 Å². The summed E-state index contributed by atoms with van der Waals surface area (Å²) >= 11 is 3.32. The number of nitrogens with one attached hydrogen (secondary N) is 1. The number of guanidine groups is 1. The summed E-state index contributed by atoms with van der Waals surface area (Å²) in [5, 5.41) is 15.2. The van der Waals surface area contributed by atoms with Crippen LogP contribution in [-0.2, 0) is 0 Å². The zero-order chi connectivity index (χ0) is 11.8. The third-order valence-electron chi connectivity index (χ3n) is 1.50. The van der Waals surface area contributed by atoms with Crippen LogP contribution in [0, 0.1) is 0 Å². The van der Waals surface area contributed by atoms with E-state index in [0.29, 0.717) is 0 Å². The molecule has 0 amide bonds. The van der Waals surface area contributed by atoms with Crippen molar-refractivity contribution in [2.75, 3.05) is 6.61 Å². The van der Waals surface area contributed by atoms with Crippen molar-refractivity contribution in [3.05, 3.63) is 28.7 Å². The van der Waals surface area contributed by atoms with Gasteiger partial charge in [-0.1, -0.05) is 15.9 Å². The van der Waals surface area contributed by atoms with Gasteiger partial charge in [-0.15, -0.1) is 5.10 Å². The fraction of sp³-hybridized carbons (Fsp3) is 0.111. The van der Waals surface area contributed by atoms with Crippen LogP contribution in [-0.4, -0.2) is 24.0 Å². The summed E-state index contributed by atoms with van der Waals surface area (Å²) in [4.78, 5) is 0. The summed E-state index contributed by atoms with van der Waals surface area (Å²) in [6.45, 7) is 0.268. The van der Waals surface area contributed by atoms with Gasteiger partial charge in [0.05, 0.1) is 6.21 Å². The highest BCUT2D eigenvalue weighted by atomic mass is 79.9. The SMILES string of the molecule is NC(=N/N=C\COc1ccc(Br)cc1)NO. The summed E-state index contributed by atoms with van der Waals surface area (Å²) in [7, 11) is 0. The van der Waals surface area contributed by atoms with Gasteiger partial charge in [0.1, 0.15) is 12.4 Å². The summed E-state index contributed by atoms with van der Waals surface area (Å²) in [6.07, 6.45) is 1.42. The molecule has 0 saturated heterocycles. The zero-order valence-electron chi connectivity index (χ0n) is 8.30. The molecule has 0 radical (unpaired) electrons. The fourth-order valence-electron chi connectivity index (χ4n) is 0.823. The van der Waals surface area contributed by atoms with Crippen LogP contribution >= 0.6 is 15.9 Å². The Hall–Kier alpha value is -1.60. The van der Waals surface area contributed by atoms with E-state index in [2.05, 4.69) is 26.1 Å². The average Bonchev–Trinajstić information content (AvgIpc) is 2.31. The van der Waals surface area contributed by atoms with E-state index in [1.807, 2.05) is 24.3 Å². The second-order valence-electron chi connectivity index (χ2n) is 2.66. The molecule has 6 nitrogen and oxygen atoms in total. The lowest BCUT2D eigenvalue weighted by Crippen LogP contribution is -2.27. The first-order valence-electron chi connectivity index (χ1n) is 4.36. The molecule has 0 aromatic heterocycles. The number of hydrogen-bond acceptors (Lipinski definition) is 4. The maximum absolute atomic E-state index is 8.28. The van der Waals surface area contributed by atoms with Gasteiger partial charge in [0.25, 0.3) is 0 Å². The topological polar surface area (TPSA) is 92.2 Å². The molecule has 0 aliphatic carbocycles. The lowest BCUT2D eigenvalue weighted by molar-refractivity contribution is 0.232. The van der Waals surface area contributed by atoms with Crippen molar-refractivity contribution in [3.63, 3.8) is 0 Å². The van der Waals surface area contributed by atoms with Crippen molar-refractivity contribution in [2.45, 2.75) is 0 Å². The van der Waals surface area contributed by atoms with Gasteiger partial charge >= 0.3 is 0 Å². The minimum absolute atomic E-state index is 0.181. The molecule has 1 aromatic carbocycles. The predicted molar refractivity (Wildman–Crippen MR) is 64.7 cm³/mol. The van der Waals surface area contributed by atoms with Crippen LogP contribution in [0.1, 0.15) is 0 Å². The largest absolute Gasteiger partial charge is 0.488 e. The van der Waals surface area contributed by atoms with Crippen molar-refractivity contribution in [1.29, 1.82) is 0 Å². The molecule has 1 aromatic rings. The highest BCUT2D eigenvalue weighted by Crippen LogP contribution is 2.15. The van der Waals surface area contributed by atoms with Gasteiger partial charge < -0.3 is 10.5 Å². The van der Waals surface area contributed by atoms with Crippen molar-refractivity contribution >= 4 is 28.1 Å². The first-order valence-corrected chi connectivity index (χ1v) is 5.15. The molecule has 16 heavy (non-hydrogen) atoms. The minimum Gasteiger partial charge on any atom is -0.488 e. The van der Waals surface area contributed by atoms with E-state index in [9.17, 15) is 0 Å². The number of benzene rings is 1. The van der Waals surface area contributed by atoms with Gasteiger partial charge in [0.2, 0.25) is 5.96 Å². The number of nitrogens with zero attached hydrogens (tertiary/aromatic N) is 2. The van der Waals surface area contributed by atoms with Gasteiger partial charge in [-0.3, -0.25) is 5.21 Å². The molecule has 0 atom stereocenters. The highest BCUT2D eigenvalue weighted by molar-refractivity contribution is 9.10. The molecular weight excluding hydrogens is 276 g/mol. The second-order valence-corrected chi connectivity index (χ2v) is 3.58. The normalized spacial score (nSPS) is 11.8. The second kappa shape index (κ2) is 6.81. The molecule has 0 fully saturated rings. The van der Waals surface area contributed by atoms with Crippen molar-refractivity contribution in [3.8, 4) is 5.75 Å². The number of hydroxylamine groups is 1. The summed E-state index contributed by atoms with van der Waals surface area (Å²) < 4.78 is 6.30. The van der Waals surface area contributed by atoms with Crippen LogP contribution in [0.2, 0.25) is 0 Å². The van der Waals surface area contributed by atoms with Gasteiger partial charge in [0.15, 0.2) is 0 Å². The van der Waals surface area contributed by atoms with E-state index >= 15 is 0 Å². The van der Waals surface area contributed by atoms with E-state index in [1.165, 1.54) is 6.21 Å². The molecule has 0 saturated carbocycles. The number of halogens is 1. The maximum Gasteiger partial charge on any atom is 0.237 e. The van der Waals surface area contributed by atoms with Gasteiger partial charge in [0, 0.05) is 4.47 Å². The number of rotatable bonds is 4. The molecular formula is C9H11BrN4O2. The molecule has 86 valence electrons. The van der Waals surface area contributed by atoms with Crippen molar-refractivity contribution in [2.24, 2.45) is 15.9 Å². The highest BCUT2D eigenvalue weighted by Gasteiger charge is 1.91. The molecule has 0 aliphatic rings. The van der Waals surface area contributed by atoms with Gasteiger partial charge in [-0.2, -0.15) is 5.10 Å². The average molecular weight is 287 g/mol. The standard InChI is InChI=1S/C9H11BrN4O2/c10-7-1-3-8(4-2-7)16-6-5-12-13-9(11)14-15/h1-5,15H,6H2,(H3,11,13,14)/b12-5-. The Morgan fingerprint density at radius 3 is 2.81 bits per heavy atom. The molecule has 1 rings (SSSR count). The number of ether oxygens (including phenoxy) is 1. The van der Waals surface area contributed by atoms with Crippen molar-refractivity contribution in [1.82, 2.24) is 5.48 Å². The third-order valence-corrected chi connectivity index (χ3v) is 2.03. The summed E-state index contributed by atoms with van der Waals surface area (Å²) in [5.41, 5.74) is 6.76. The van der Waals surface area contributed by atoms with E-state index in [0.717, 1.165) is 10.2 Å². The van der Waals surface area contributed by atoms with Crippen LogP contribution in [0.5, 0.6) is 5.75 Å². The Kier molecular flexibility index (Phi) is 5.30. The predicted octanol–water partition coefficient (Wildman–Crippen LogP) is 1.11. The molecule has 0 spiro atoms. The summed E-state index contributed by atoms with van der Waals surface area (Å²) in [5.74, 6) is 0.548. The van der Waals surface area contributed by atoms with Crippen LogP contribution in [0.15, 0.2) is 38.9 Å². The van der Waals surface area contributed by atoms with E-state index in [4.69, 9.17) is 15.7 Å². The van der Waals surface area contributed by atoms with Crippen LogP contribution in [0.3, 0.4) is 0 Å². The Bertz CT molecular complexity index is 378. The molecule has 0 unspecified atom stereocenters. The fourth-order valence-corrected chi connectivity index (χ4v) is 1.09. The van der Waals surface area contributed by atoms with Gasteiger partial charge in [-0.25, -0.2) is 5.48 Å². The lowest BCUT2D eigenvalue weighted by Gasteiger charge is -2.01. The van der Waals surface area contributed by atoms with E-state index < -0.39 is 0 Å². The summed E-state index contributed by atoms with van der Waals surface area (Å²) in [6, 6.07) is 7.40. The third kappa shape index (κ3) is 4.76. The Labute approximate surface area is 101 Å². The Morgan fingerprint density at radius 2 is 2.19 bits per heavy atom. The minimum atomic E-state index is -0.181. The molecule has 7 heteroatoms. The number of nitrogens with two attached hydrogens (primary N) is 1. The van der Waals surface area contributed by atoms with Crippen molar-refractivity contribution < 1.29 is 9.94 Å². The zero-order valence-corrected chi connectivity index (χ0v) is 9.89. The molecule has 0 bridgehead atoms. The van der Waals surface area contributed by atoms with Crippen LogP contribution < -0.4 is 16.0 Å². The quantitative estimate of drug-likeness (QED) is 0.439. The van der Waals surface area contributed by atoms with E-state index in [-0.39, 0.29) is 12.6 Å². The first-order chi connectivity index (χ1) is 7.72. The lowest BCUT2D eigenvalue weighted by atomic mass is 10.3. The maximum atomic E-state index is 8.28. The first kappa shape index (κ1) is 12.5. The van der Waals surface area contributed by atoms with E-state index in [1.54, 1.807) is 5.48 Å². The Balaban J connectivity index is 2.33. The Morgan fingerprint density at radius 1 is 1.50 bits per heavy atom. The number of hydrogen-bond donors (Lipinski definition) is 3.